The van der Waals surface area contributed by atoms with Crippen LogP contribution in [0.5, 0.6) is 5.75 Å². The van der Waals surface area contributed by atoms with Gasteiger partial charge in [-0.3, -0.25) is 0 Å². The third-order valence-electron chi connectivity index (χ3n) is 6.43. The van der Waals surface area contributed by atoms with Crippen molar-refractivity contribution in [2.75, 3.05) is 13.2 Å². The van der Waals surface area contributed by atoms with Crippen LogP contribution in [-0.4, -0.2) is 33.7 Å². The highest BCUT2D eigenvalue weighted by molar-refractivity contribution is 5.81. The lowest BCUT2D eigenvalue weighted by atomic mass is 9.98. The molecule has 3 aromatic rings. The second-order valence-corrected chi connectivity index (χ2v) is 9.40. The Morgan fingerprint density at radius 2 is 1.72 bits per heavy atom. The van der Waals surface area contributed by atoms with Gasteiger partial charge >= 0.3 is 12.1 Å². The fourth-order valence-electron chi connectivity index (χ4n) is 4.43. The number of aromatic nitrogens is 3. The molecule has 2 aliphatic rings. The molecule has 2 aliphatic heterocycles. The molecule has 0 unspecified atom stereocenters. The molecule has 0 fully saturated rings. The number of benzene rings is 3. The standard InChI is InChI=1S/C32H24F5N3O3/c1-2-42-29(41)7-4-16-43-22-12-13-23(25(17-22)32(35,36)37)21-10-8-20(9-11-21)18-40-15-14-27-28(19-40)39-31(38-27)24-5-3-6-26(33)30(24)34/h3-15,17,19H,2,16,18H2,1H3/b7-4+. The summed E-state index contributed by atoms with van der Waals surface area (Å²) in [6.45, 7) is 2.15. The molecule has 0 radical (unpaired) electrons. The van der Waals surface area contributed by atoms with Crippen LogP contribution in [0.2, 0.25) is 0 Å². The highest BCUT2D eigenvalue weighted by Crippen LogP contribution is 2.39. The number of imidazole rings is 1. The lowest BCUT2D eigenvalue weighted by Crippen LogP contribution is -2.08. The normalized spacial score (nSPS) is 11.8. The summed E-state index contributed by atoms with van der Waals surface area (Å²) in [4.78, 5) is 20.0. The fraction of sp³-hybridized carbons (Fsp3) is 0.156. The van der Waals surface area contributed by atoms with E-state index in [1.54, 1.807) is 54.2 Å². The summed E-state index contributed by atoms with van der Waals surface area (Å²) in [7, 11) is 0. The number of esters is 1. The van der Waals surface area contributed by atoms with Gasteiger partial charge in [0.25, 0.3) is 0 Å². The van der Waals surface area contributed by atoms with Gasteiger partial charge in [0.15, 0.2) is 17.5 Å². The van der Waals surface area contributed by atoms with E-state index < -0.39 is 29.3 Å². The van der Waals surface area contributed by atoms with Crippen LogP contribution in [0.4, 0.5) is 22.0 Å². The second kappa shape index (κ2) is 12.4. The average Bonchev–Trinajstić information content (AvgIpc) is 3.40. The molecule has 43 heavy (non-hydrogen) atoms. The number of carbonyl (C=O) groups excluding carboxylic acids is 1. The minimum absolute atomic E-state index is 0.00639. The molecule has 0 atom stereocenters. The first-order valence-corrected chi connectivity index (χ1v) is 13.2. The zero-order chi connectivity index (χ0) is 30.6. The molecule has 0 N–H and O–H groups in total. The molecule has 220 valence electrons. The second-order valence-electron chi connectivity index (χ2n) is 9.40. The van der Waals surface area contributed by atoms with E-state index in [1.807, 2.05) is 0 Å². The van der Waals surface area contributed by atoms with Crippen LogP contribution in [0.25, 0.3) is 33.9 Å². The van der Waals surface area contributed by atoms with Crippen LogP contribution < -0.4 is 4.74 Å². The molecule has 2 heterocycles. The number of hydrogen-bond acceptors (Lipinski definition) is 5. The topological polar surface area (TPSA) is 66.2 Å². The van der Waals surface area contributed by atoms with Gasteiger partial charge in [-0.25, -0.2) is 23.5 Å². The third kappa shape index (κ3) is 6.88. The average molecular weight is 594 g/mol. The molecule has 3 aromatic carbocycles. The summed E-state index contributed by atoms with van der Waals surface area (Å²) in [5.41, 5.74) is 1.26. The number of nitrogens with zero attached hydrogens (tertiary/aromatic N) is 3. The first kappa shape index (κ1) is 29.4. The minimum Gasteiger partial charge on any atom is -0.490 e. The molecule has 0 bridgehead atoms. The monoisotopic (exact) mass is 593 g/mol. The number of fused-ring (bicyclic) bond motifs is 1. The first-order chi connectivity index (χ1) is 20.6. The predicted molar refractivity (Wildman–Crippen MR) is 149 cm³/mol. The third-order valence-corrected chi connectivity index (χ3v) is 6.43. The van der Waals surface area contributed by atoms with E-state index >= 15 is 0 Å². The zero-order valence-electron chi connectivity index (χ0n) is 22.7. The highest BCUT2D eigenvalue weighted by Gasteiger charge is 2.34. The van der Waals surface area contributed by atoms with E-state index in [1.165, 1.54) is 30.3 Å². The Balaban J connectivity index is 1.32. The number of ether oxygens (including phenoxy) is 2. The number of carbonyl (C=O) groups is 1. The van der Waals surface area contributed by atoms with Crippen molar-refractivity contribution in [2.24, 2.45) is 0 Å². The fourth-order valence-corrected chi connectivity index (χ4v) is 4.43. The van der Waals surface area contributed by atoms with Crippen molar-refractivity contribution in [3.63, 3.8) is 0 Å². The van der Waals surface area contributed by atoms with Crippen LogP contribution in [0.1, 0.15) is 18.1 Å². The number of rotatable bonds is 9. The van der Waals surface area contributed by atoms with E-state index in [2.05, 4.69) is 9.97 Å². The number of alkyl halides is 3. The number of halogens is 5. The van der Waals surface area contributed by atoms with E-state index in [0.29, 0.717) is 23.5 Å². The van der Waals surface area contributed by atoms with Gasteiger partial charge in [-0.05, 0) is 60.0 Å². The number of pyridine rings is 1. The minimum atomic E-state index is -4.63. The molecule has 0 spiro atoms. The molecular formula is C32H24F5N3O3. The molecule has 5 rings (SSSR count). The van der Waals surface area contributed by atoms with Crippen molar-refractivity contribution in [1.29, 1.82) is 0 Å². The quantitative estimate of drug-likeness (QED) is 0.100. The smallest absolute Gasteiger partial charge is 0.417 e. The SMILES string of the molecule is CCOC(=O)/C=C/COc1ccc(-c2ccc(Cn3ccc4nc(-c5cccc(F)c5F)nc-4c3)cc2)c(C(F)(F)F)c1. The molecule has 11 heteroatoms. The van der Waals surface area contributed by atoms with Crippen molar-refractivity contribution in [3.8, 4) is 39.7 Å². The molecule has 0 amide bonds. The van der Waals surface area contributed by atoms with Crippen LogP contribution in [-0.2, 0) is 22.3 Å². The predicted octanol–water partition coefficient (Wildman–Crippen LogP) is 7.56. The Morgan fingerprint density at radius 1 is 0.953 bits per heavy atom. The number of hydrogen-bond donors (Lipinski definition) is 0. The van der Waals surface area contributed by atoms with Crippen LogP contribution >= 0.6 is 0 Å². The van der Waals surface area contributed by atoms with Gasteiger partial charge in [-0.1, -0.05) is 36.4 Å². The van der Waals surface area contributed by atoms with Crippen LogP contribution in [0, 0.1) is 11.6 Å². The van der Waals surface area contributed by atoms with Crippen molar-refractivity contribution in [2.45, 2.75) is 19.6 Å². The van der Waals surface area contributed by atoms with Crippen LogP contribution in [0.3, 0.4) is 0 Å². The lowest BCUT2D eigenvalue weighted by Gasteiger charge is -2.15. The largest absolute Gasteiger partial charge is 0.490 e. The van der Waals surface area contributed by atoms with Gasteiger partial charge in [0, 0.05) is 25.0 Å². The summed E-state index contributed by atoms with van der Waals surface area (Å²) < 4.78 is 81.7. The molecule has 6 nitrogen and oxygen atoms in total. The maximum Gasteiger partial charge on any atom is 0.417 e. The molecule has 0 saturated carbocycles. The van der Waals surface area contributed by atoms with Crippen molar-refractivity contribution < 1.29 is 36.2 Å². The Bertz CT molecular complexity index is 1750. The summed E-state index contributed by atoms with van der Waals surface area (Å²) in [5.74, 6) is -2.50. The molecule has 0 aliphatic carbocycles. The summed E-state index contributed by atoms with van der Waals surface area (Å²) in [6.07, 6.45) is 1.34. The van der Waals surface area contributed by atoms with Gasteiger partial charge in [-0.15, -0.1) is 0 Å². The van der Waals surface area contributed by atoms with Gasteiger partial charge in [0.2, 0.25) is 0 Å². The van der Waals surface area contributed by atoms with Crippen molar-refractivity contribution >= 4 is 5.97 Å². The summed E-state index contributed by atoms with van der Waals surface area (Å²) in [6, 6.07) is 15.9. The van der Waals surface area contributed by atoms with Gasteiger partial charge in [0.1, 0.15) is 18.1 Å². The van der Waals surface area contributed by atoms with E-state index in [0.717, 1.165) is 23.8 Å². The molecule has 0 saturated heterocycles. The molecule has 0 aromatic heterocycles. The van der Waals surface area contributed by atoms with Gasteiger partial charge < -0.3 is 14.0 Å². The zero-order valence-corrected chi connectivity index (χ0v) is 22.7. The van der Waals surface area contributed by atoms with Gasteiger partial charge in [0.05, 0.1) is 23.4 Å². The van der Waals surface area contributed by atoms with E-state index in [4.69, 9.17) is 9.47 Å². The Morgan fingerprint density at radius 3 is 2.47 bits per heavy atom. The Labute approximate surface area is 243 Å². The first-order valence-electron chi connectivity index (χ1n) is 13.2. The van der Waals surface area contributed by atoms with Crippen molar-refractivity contribution in [3.05, 3.63) is 114 Å². The molecular weight excluding hydrogens is 569 g/mol. The van der Waals surface area contributed by atoms with E-state index in [-0.39, 0.29) is 35.9 Å². The summed E-state index contributed by atoms with van der Waals surface area (Å²) >= 11 is 0. The Kier molecular flexibility index (Phi) is 8.51. The van der Waals surface area contributed by atoms with E-state index in [9.17, 15) is 26.7 Å². The van der Waals surface area contributed by atoms with Crippen LogP contribution in [0.15, 0.2) is 91.3 Å². The highest BCUT2D eigenvalue weighted by atomic mass is 19.4. The summed E-state index contributed by atoms with van der Waals surface area (Å²) in [5, 5.41) is 0. The maximum absolute atomic E-state index is 14.2. The lowest BCUT2D eigenvalue weighted by molar-refractivity contribution is -0.138. The van der Waals surface area contributed by atoms with Crippen molar-refractivity contribution in [1.82, 2.24) is 14.5 Å². The maximum atomic E-state index is 14.2. The Hall–Kier alpha value is -5.06. The van der Waals surface area contributed by atoms with Gasteiger partial charge in [-0.2, -0.15) is 13.2 Å².